The zero-order valence-corrected chi connectivity index (χ0v) is 12.6. The Morgan fingerprint density at radius 1 is 1.47 bits per heavy atom. The van der Waals surface area contributed by atoms with Gasteiger partial charge in [-0.1, -0.05) is 6.92 Å². The summed E-state index contributed by atoms with van der Waals surface area (Å²) in [6, 6.07) is -0.427. The molecule has 0 unspecified atom stereocenters. The van der Waals surface area contributed by atoms with Crippen LogP contribution in [0.5, 0.6) is 0 Å². The monoisotopic (exact) mass is 294 g/mol. The lowest BCUT2D eigenvalue weighted by atomic mass is 10.2. The summed E-state index contributed by atoms with van der Waals surface area (Å²) in [6.07, 6.45) is 0.319. The largest absolute Gasteiger partial charge is 0.444 e. The first-order valence-electron chi connectivity index (χ1n) is 6.27. The van der Waals surface area contributed by atoms with Gasteiger partial charge in [0.05, 0.1) is 12.6 Å². The van der Waals surface area contributed by atoms with Gasteiger partial charge >= 0.3 is 16.4 Å². The molecule has 1 saturated heterocycles. The first-order valence-corrected chi connectivity index (χ1v) is 7.68. The fourth-order valence-corrected chi connectivity index (χ4v) is 2.62. The van der Waals surface area contributed by atoms with Crippen molar-refractivity contribution < 1.29 is 22.1 Å². The Morgan fingerprint density at radius 2 is 2.11 bits per heavy atom. The van der Waals surface area contributed by atoms with E-state index in [1.807, 2.05) is 6.92 Å². The van der Waals surface area contributed by atoms with E-state index in [9.17, 15) is 13.2 Å². The van der Waals surface area contributed by atoms with Crippen molar-refractivity contribution in [1.82, 2.24) is 9.62 Å². The molecule has 0 aromatic heterocycles. The van der Waals surface area contributed by atoms with Crippen LogP contribution in [0.4, 0.5) is 4.79 Å². The predicted octanol–water partition coefficient (Wildman–Crippen LogP) is 0.867. The maximum atomic E-state index is 12.0. The van der Waals surface area contributed by atoms with Crippen molar-refractivity contribution in [1.29, 1.82) is 0 Å². The van der Waals surface area contributed by atoms with Crippen LogP contribution < -0.4 is 4.72 Å². The van der Waals surface area contributed by atoms with Gasteiger partial charge in [-0.05, 0) is 27.2 Å². The molecule has 1 heterocycles. The lowest BCUT2D eigenvalue weighted by Crippen LogP contribution is -2.45. The average molecular weight is 294 g/mol. The number of hydrogen-bond acceptors (Lipinski definition) is 5. The normalized spacial score (nSPS) is 22.2. The van der Waals surface area contributed by atoms with Crippen molar-refractivity contribution >= 4 is 16.4 Å². The predicted molar refractivity (Wildman–Crippen MR) is 69.9 cm³/mol. The molecule has 19 heavy (non-hydrogen) atoms. The summed E-state index contributed by atoms with van der Waals surface area (Å²) in [4.78, 5) is 13.5. The van der Waals surface area contributed by atoms with Crippen molar-refractivity contribution in [3.05, 3.63) is 0 Å². The molecule has 1 rings (SSSR count). The topological polar surface area (TPSA) is 84.9 Å². The number of amides is 1. The number of nitrogens with zero attached hydrogens (tertiary/aromatic N) is 1. The van der Waals surface area contributed by atoms with E-state index in [0.29, 0.717) is 6.54 Å². The Labute approximate surface area is 114 Å². The first-order chi connectivity index (χ1) is 8.63. The molecular formula is C11H22N2O5S. The van der Waals surface area contributed by atoms with Crippen LogP contribution in [-0.4, -0.2) is 50.8 Å². The summed E-state index contributed by atoms with van der Waals surface area (Å²) in [5, 5.41) is 0. The Bertz CT molecular complexity index is 415. The van der Waals surface area contributed by atoms with Crippen LogP contribution in [-0.2, 0) is 19.2 Å². The third-order valence-electron chi connectivity index (χ3n) is 2.32. The molecular weight excluding hydrogens is 272 g/mol. The van der Waals surface area contributed by atoms with Gasteiger partial charge in [-0.15, -0.1) is 0 Å². The summed E-state index contributed by atoms with van der Waals surface area (Å²) in [6.45, 7) is 8.08. The Balaban J connectivity index is 2.60. The van der Waals surface area contributed by atoms with Crippen LogP contribution in [0.1, 0.15) is 34.1 Å². The van der Waals surface area contributed by atoms with Crippen molar-refractivity contribution in [2.45, 2.75) is 45.8 Å². The molecule has 0 radical (unpaired) electrons. The van der Waals surface area contributed by atoms with E-state index in [-0.39, 0.29) is 13.2 Å². The molecule has 1 atom stereocenters. The van der Waals surface area contributed by atoms with Gasteiger partial charge in [0.15, 0.2) is 0 Å². The van der Waals surface area contributed by atoms with Crippen LogP contribution in [0.25, 0.3) is 0 Å². The van der Waals surface area contributed by atoms with Crippen LogP contribution in [0.15, 0.2) is 0 Å². The fraction of sp³-hybridized carbons (Fsp3) is 0.909. The molecule has 1 aliphatic heterocycles. The molecule has 1 N–H and O–H groups in total. The summed E-state index contributed by atoms with van der Waals surface area (Å²) in [5.74, 6) is 0. The molecule has 7 nitrogen and oxygen atoms in total. The molecule has 8 heteroatoms. The standard InChI is InChI=1S/C11H22N2O5S/c1-5-6-13(10(14)18-11(2,3)4)7-9-8-17-19(15,16)12-9/h9,12H,5-8H2,1-4H3/t9-/m1/s1. The third-order valence-corrected chi connectivity index (χ3v) is 3.39. The number of ether oxygens (including phenoxy) is 1. The van der Waals surface area contributed by atoms with Crippen LogP contribution >= 0.6 is 0 Å². The highest BCUT2D eigenvalue weighted by atomic mass is 32.2. The molecule has 1 aliphatic rings. The van der Waals surface area contributed by atoms with E-state index >= 15 is 0 Å². The summed E-state index contributed by atoms with van der Waals surface area (Å²) >= 11 is 0. The third kappa shape index (κ3) is 5.75. The second-order valence-electron chi connectivity index (χ2n) is 5.48. The minimum Gasteiger partial charge on any atom is -0.444 e. The average Bonchev–Trinajstić information content (AvgIpc) is 2.55. The SMILES string of the molecule is CCCN(C[C@@H]1COS(=O)(=O)N1)C(=O)OC(C)(C)C. The van der Waals surface area contributed by atoms with Gasteiger partial charge in [0.1, 0.15) is 5.60 Å². The van der Waals surface area contributed by atoms with Gasteiger partial charge in [0.25, 0.3) is 0 Å². The number of carbonyl (C=O) groups excluding carboxylic acids is 1. The zero-order valence-electron chi connectivity index (χ0n) is 11.8. The van der Waals surface area contributed by atoms with Crippen LogP contribution in [0.3, 0.4) is 0 Å². The summed E-state index contributed by atoms with van der Waals surface area (Å²) in [7, 11) is -3.65. The van der Waals surface area contributed by atoms with Gasteiger partial charge in [-0.25, -0.2) is 4.79 Å². The molecule has 0 aliphatic carbocycles. The Hall–Kier alpha value is -0.860. The zero-order chi connectivity index (χ0) is 14.7. The van der Waals surface area contributed by atoms with Crippen LogP contribution in [0.2, 0.25) is 0 Å². The second kappa shape index (κ2) is 6.06. The van der Waals surface area contributed by atoms with E-state index in [0.717, 1.165) is 6.42 Å². The van der Waals surface area contributed by atoms with Gasteiger partial charge in [-0.3, -0.25) is 4.18 Å². The van der Waals surface area contributed by atoms with Gasteiger partial charge in [0, 0.05) is 13.1 Å². The van der Waals surface area contributed by atoms with Crippen LogP contribution in [0, 0.1) is 0 Å². The fourth-order valence-electron chi connectivity index (χ4n) is 1.65. The van der Waals surface area contributed by atoms with E-state index < -0.39 is 28.0 Å². The van der Waals surface area contributed by atoms with Gasteiger partial charge < -0.3 is 9.64 Å². The lowest BCUT2D eigenvalue weighted by Gasteiger charge is -2.28. The molecule has 0 aromatic rings. The molecule has 1 amide bonds. The molecule has 0 aromatic carbocycles. The van der Waals surface area contributed by atoms with E-state index in [1.165, 1.54) is 4.90 Å². The highest BCUT2D eigenvalue weighted by Gasteiger charge is 2.31. The van der Waals surface area contributed by atoms with Crippen molar-refractivity contribution in [3.8, 4) is 0 Å². The minimum absolute atomic E-state index is 0.0331. The molecule has 0 bridgehead atoms. The smallest absolute Gasteiger partial charge is 0.410 e. The second-order valence-corrected chi connectivity index (χ2v) is 6.86. The van der Waals surface area contributed by atoms with E-state index in [1.54, 1.807) is 20.8 Å². The highest BCUT2D eigenvalue weighted by Crippen LogP contribution is 2.12. The molecule has 0 saturated carbocycles. The first kappa shape index (κ1) is 16.2. The number of hydrogen-bond donors (Lipinski definition) is 1. The Kier molecular flexibility index (Phi) is 5.17. The number of rotatable bonds is 4. The summed E-state index contributed by atoms with van der Waals surface area (Å²) < 4.78 is 34.4. The minimum atomic E-state index is -3.65. The van der Waals surface area contributed by atoms with E-state index in [4.69, 9.17) is 4.74 Å². The van der Waals surface area contributed by atoms with Crippen molar-refractivity contribution in [3.63, 3.8) is 0 Å². The maximum absolute atomic E-state index is 12.0. The quantitative estimate of drug-likeness (QED) is 0.831. The highest BCUT2D eigenvalue weighted by molar-refractivity contribution is 7.85. The van der Waals surface area contributed by atoms with Crippen molar-refractivity contribution in [2.24, 2.45) is 0 Å². The molecule has 112 valence electrons. The maximum Gasteiger partial charge on any atom is 0.410 e. The Morgan fingerprint density at radius 3 is 2.53 bits per heavy atom. The molecule has 1 fully saturated rings. The van der Waals surface area contributed by atoms with Gasteiger partial charge in [-0.2, -0.15) is 13.1 Å². The lowest BCUT2D eigenvalue weighted by molar-refractivity contribution is 0.0234. The van der Waals surface area contributed by atoms with Crippen molar-refractivity contribution in [2.75, 3.05) is 19.7 Å². The summed E-state index contributed by atoms with van der Waals surface area (Å²) in [5.41, 5.74) is -0.575. The number of carbonyl (C=O) groups is 1. The molecule has 0 spiro atoms. The number of nitrogens with one attached hydrogen (secondary N) is 1. The van der Waals surface area contributed by atoms with E-state index in [2.05, 4.69) is 8.91 Å². The van der Waals surface area contributed by atoms with Gasteiger partial charge in [0.2, 0.25) is 0 Å².